The molecule has 0 unspecified atom stereocenters. The number of aromatic amines is 1. The molecule has 1 atom stereocenters. The van der Waals surface area contributed by atoms with Gasteiger partial charge in [-0.1, -0.05) is 48.5 Å². The van der Waals surface area contributed by atoms with Gasteiger partial charge < -0.3 is 9.15 Å². The van der Waals surface area contributed by atoms with E-state index in [1.807, 2.05) is 6.07 Å². The number of hydrogen-bond acceptors (Lipinski definition) is 7. The van der Waals surface area contributed by atoms with E-state index in [2.05, 4.69) is 10.2 Å². The fraction of sp³-hybridized carbons (Fsp3) is 0.250. The van der Waals surface area contributed by atoms with Crippen LogP contribution in [0.4, 0.5) is 10.5 Å². The van der Waals surface area contributed by atoms with Crippen LogP contribution in [0.25, 0.3) is 0 Å². The Morgan fingerprint density at radius 3 is 2.63 bits per heavy atom. The second kappa shape index (κ2) is 8.15. The van der Waals surface area contributed by atoms with Crippen LogP contribution in [-0.2, 0) is 34.2 Å². The molecule has 10 heteroatoms. The lowest BCUT2D eigenvalue weighted by molar-refractivity contribution is 0.165. The summed E-state index contributed by atoms with van der Waals surface area (Å²) in [5.41, 5.74) is 1.89. The molecule has 0 bridgehead atoms. The molecule has 0 spiro atoms. The molecular weight excluding hydrogens is 410 g/mol. The topological polar surface area (TPSA) is 123 Å². The molecule has 1 aromatic heterocycles. The van der Waals surface area contributed by atoms with Crippen molar-refractivity contribution >= 4 is 21.0 Å². The van der Waals surface area contributed by atoms with Crippen LogP contribution in [0.1, 0.15) is 17.0 Å². The molecule has 2 aromatic carbocycles. The van der Waals surface area contributed by atoms with Gasteiger partial charge in [-0.2, -0.15) is 8.42 Å². The lowest BCUT2D eigenvalue weighted by atomic mass is 9.91. The predicted octanol–water partition coefficient (Wildman–Crippen LogP) is 2.25. The van der Waals surface area contributed by atoms with Gasteiger partial charge in [-0.15, -0.1) is 5.10 Å². The summed E-state index contributed by atoms with van der Waals surface area (Å²) < 4.78 is 37.1. The zero-order valence-corrected chi connectivity index (χ0v) is 16.7. The van der Waals surface area contributed by atoms with E-state index in [9.17, 15) is 18.0 Å². The standard InChI is InChI=1S/C20H19N3O6S/c24-19-22-21-18(29-19)11-15-10-16-8-4-5-9-17(16)23(12-15)30(26,27)20(25)28-13-14-6-2-1-3-7-14/h1-9,15H,10-13H2,(H,22,24)/t15-/m0/s1. The number of aromatic nitrogens is 2. The fourth-order valence-electron chi connectivity index (χ4n) is 3.48. The average molecular weight is 429 g/mol. The van der Waals surface area contributed by atoms with Crippen LogP contribution in [0.2, 0.25) is 0 Å². The maximum atomic E-state index is 13.0. The van der Waals surface area contributed by atoms with Crippen molar-refractivity contribution in [3.63, 3.8) is 0 Å². The highest BCUT2D eigenvalue weighted by Gasteiger charge is 2.38. The quantitative estimate of drug-likeness (QED) is 0.617. The number of nitrogens with one attached hydrogen (secondary N) is 1. The number of fused-ring (bicyclic) bond motifs is 1. The first-order valence-corrected chi connectivity index (χ1v) is 10.7. The molecule has 0 amide bonds. The molecule has 0 fully saturated rings. The van der Waals surface area contributed by atoms with Crippen LogP contribution in [0.5, 0.6) is 0 Å². The Labute approximate surface area is 172 Å². The van der Waals surface area contributed by atoms with Gasteiger partial charge in [0.1, 0.15) is 6.61 Å². The van der Waals surface area contributed by atoms with E-state index < -0.39 is 21.1 Å². The second-order valence-electron chi connectivity index (χ2n) is 6.97. The van der Waals surface area contributed by atoms with Gasteiger partial charge in [-0.05, 0) is 29.5 Å². The van der Waals surface area contributed by atoms with E-state index in [0.717, 1.165) is 9.87 Å². The summed E-state index contributed by atoms with van der Waals surface area (Å²) >= 11 is 0. The number of carbonyl (C=O) groups is 1. The first-order valence-electron chi connectivity index (χ1n) is 9.29. The minimum absolute atomic E-state index is 0.0380. The summed E-state index contributed by atoms with van der Waals surface area (Å²) in [4.78, 5) is 23.7. The van der Waals surface area contributed by atoms with Crippen LogP contribution >= 0.6 is 0 Å². The summed E-state index contributed by atoms with van der Waals surface area (Å²) in [5.74, 6) is -0.716. The van der Waals surface area contributed by atoms with Gasteiger partial charge in [-0.3, -0.25) is 4.31 Å². The fourth-order valence-corrected chi connectivity index (χ4v) is 4.71. The van der Waals surface area contributed by atoms with Crippen molar-refractivity contribution in [2.75, 3.05) is 10.8 Å². The third-order valence-electron chi connectivity index (χ3n) is 4.84. The number of ether oxygens (including phenoxy) is 1. The average Bonchev–Trinajstić information content (AvgIpc) is 3.16. The summed E-state index contributed by atoms with van der Waals surface area (Å²) in [5, 5.41) is 4.67. The normalized spacial score (nSPS) is 16.1. The number of carbonyl (C=O) groups excluding carboxylic acids is 1. The maximum Gasteiger partial charge on any atom is 0.445 e. The van der Waals surface area contributed by atoms with E-state index in [4.69, 9.17) is 9.15 Å². The van der Waals surface area contributed by atoms with E-state index in [1.54, 1.807) is 48.5 Å². The highest BCUT2D eigenvalue weighted by atomic mass is 32.2. The number of H-pyrrole nitrogens is 1. The van der Waals surface area contributed by atoms with Crippen LogP contribution in [-0.4, -0.2) is 30.5 Å². The Balaban J connectivity index is 1.56. The van der Waals surface area contributed by atoms with Crippen molar-refractivity contribution in [1.82, 2.24) is 10.2 Å². The molecule has 3 aromatic rings. The van der Waals surface area contributed by atoms with Gasteiger partial charge in [0.25, 0.3) is 0 Å². The predicted molar refractivity (Wildman–Crippen MR) is 107 cm³/mol. The summed E-state index contributed by atoms with van der Waals surface area (Å²) in [7, 11) is -4.41. The van der Waals surface area contributed by atoms with Crippen molar-refractivity contribution in [1.29, 1.82) is 0 Å². The minimum atomic E-state index is -4.41. The molecule has 1 aliphatic rings. The summed E-state index contributed by atoms with van der Waals surface area (Å²) in [6.07, 6.45) is 0.802. The summed E-state index contributed by atoms with van der Waals surface area (Å²) in [6, 6.07) is 15.8. The van der Waals surface area contributed by atoms with Crippen molar-refractivity contribution in [2.24, 2.45) is 5.92 Å². The zero-order valence-electron chi connectivity index (χ0n) is 15.9. The Bertz CT molecular complexity index is 1200. The highest BCUT2D eigenvalue weighted by molar-refractivity contribution is 8.06. The van der Waals surface area contributed by atoms with Crippen molar-refractivity contribution in [3.8, 4) is 0 Å². The van der Waals surface area contributed by atoms with Crippen LogP contribution in [0.15, 0.2) is 63.8 Å². The number of nitrogens with zero attached hydrogens (tertiary/aromatic N) is 2. The highest BCUT2D eigenvalue weighted by Crippen LogP contribution is 2.33. The number of para-hydroxylation sites is 1. The maximum absolute atomic E-state index is 13.0. The van der Waals surface area contributed by atoms with Crippen molar-refractivity contribution in [2.45, 2.75) is 19.4 Å². The van der Waals surface area contributed by atoms with Crippen LogP contribution in [0.3, 0.4) is 0 Å². The smallest absolute Gasteiger partial charge is 0.445 e. The molecule has 0 aliphatic carbocycles. The molecular formula is C20H19N3O6S. The second-order valence-corrected chi connectivity index (χ2v) is 8.69. The zero-order chi connectivity index (χ0) is 21.1. The molecule has 2 heterocycles. The first kappa shape index (κ1) is 19.9. The third-order valence-corrected chi connectivity index (χ3v) is 6.30. The van der Waals surface area contributed by atoms with E-state index in [-0.39, 0.29) is 31.4 Å². The van der Waals surface area contributed by atoms with Crippen LogP contribution < -0.4 is 10.1 Å². The molecule has 156 valence electrons. The molecule has 0 radical (unpaired) electrons. The lowest BCUT2D eigenvalue weighted by Gasteiger charge is -2.33. The van der Waals surface area contributed by atoms with E-state index in [0.29, 0.717) is 17.7 Å². The SMILES string of the molecule is O=C(OCc1ccccc1)S(=O)(=O)N1C[C@H](Cc2n[nH]c(=O)o2)Cc2ccccc21. The Hall–Kier alpha value is -3.40. The van der Waals surface area contributed by atoms with E-state index >= 15 is 0 Å². The lowest BCUT2D eigenvalue weighted by Crippen LogP contribution is -2.43. The van der Waals surface area contributed by atoms with Gasteiger partial charge in [0, 0.05) is 13.0 Å². The third kappa shape index (κ3) is 4.13. The van der Waals surface area contributed by atoms with Crippen molar-refractivity contribution in [3.05, 3.63) is 82.2 Å². The Kier molecular flexibility index (Phi) is 5.40. The first-order chi connectivity index (χ1) is 14.4. The number of rotatable bonds is 5. The van der Waals surface area contributed by atoms with Crippen molar-refractivity contribution < 1.29 is 22.4 Å². The molecule has 9 nitrogen and oxygen atoms in total. The molecule has 1 N–H and O–H groups in total. The van der Waals surface area contributed by atoms with E-state index in [1.165, 1.54) is 0 Å². The van der Waals surface area contributed by atoms with Gasteiger partial charge >= 0.3 is 21.1 Å². The van der Waals surface area contributed by atoms with Crippen LogP contribution in [0, 0.1) is 5.92 Å². The molecule has 0 saturated carbocycles. The number of benzene rings is 2. The number of hydrogen-bond donors (Lipinski definition) is 1. The summed E-state index contributed by atoms with van der Waals surface area (Å²) in [6.45, 7) is -0.105. The monoisotopic (exact) mass is 429 g/mol. The molecule has 30 heavy (non-hydrogen) atoms. The Morgan fingerprint density at radius 2 is 1.90 bits per heavy atom. The number of sulfonamides is 1. The van der Waals surface area contributed by atoms with Gasteiger partial charge in [0.15, 0.2) is 0 Å². The largest absolute Gasteiger partial charge is 0.448 e. The van der Waals surface area contributed by atoms with Gasteiger partial charge in [0.05, 0.1) is 5.69 Å². The van der Waals surface area contributed by atoms with Gasteiger partial charge in [0.2, 0.25) is 5.89 Å². The Morgan fingerprint density at radius 1 is 1.17 bits per heavy atom. The molecule has 4 rings (SSSR count). The minimum Gasteiger partial charge on any atom is -0.448 e. The molecule has 0 saturated heterocycles. The molecule has 1 aliphatic heterocycles. The number of anilines is 1. The van der Waals surface area contributed by atoms with Gasteiger partial charge in [-0.25, -0.2) is 14.7 Å².